The first-order valence-electron chi connectivity index (χ1n) is 5.98. The van der Waals surface area contributed by atoms with Crippen LogP contribution in [0.5, 0.6) is 0 Å². The zero-order chi connectivity index (χ0) is 13.6. The van der Waals surface area contributed by atoms with E-state index in [1.54, 1.807) is 10.9 Å². The Kier molecular flexibility index (Phi) is 3.04. The number of nitrogens with zero attached hydrogens (tertiary/aromatic N) is 4. The van der Waals surface area contributed by atoms with Crippen molar-refractivity contribution in [2.45, 2.75) is 24.7 Å². The Morgan fingerprint density at radius 3 is 2.79 bits per heavy atom. The first kappa shape index (κ1) is 12.6. The Hall–Kier alpha value is -1.44. The molecule has 0 saturated heterocycles. The van der Waals surface area contributed by atoms with Crippen molar-refractivity contribution in [1.82, 2.24) is 19.5 Å². The number of alkyl halides is 1. The van der Waals surface area contributed by atoms with Crippen molar-refractivity contribution in [3.63, 3.8) is 0 Å². The fourth-order valence-corrected chi connectivity index (χ4v) is 2.95. The highest BCUT2D eigenvalue weighted by molar-refractivity contribution is 6.18. The van der Waals surface area contributed by atoms with Gasteiger partial charge in [0.25, 0.3) is 0 Å². The van der Waals surface area contributed by atoms with E-state index in [2.05, 4.69) is 15.0 Å². The lowest BCUT2D eigenvalue weighted by atomic mass is 10.2. The van der Waals surface area contributed by atoms with Crippen LogP contribution in [0, 0.1) is 5.92 Å². The van der Waals surface area contributed by atoms with E-state index >= 15 is 0 Å². The van der Waals surface area contributed by atoms with Gasteiger partial charge in [-0.15, -0.1) is 11.6 Å². The van der Waals surface area contributed by atoms with E-state index in [0.29, 0.717) is 29.3 Å². The van der Waals surface area contributed by atoms with Gasteiger partial charge in [0.15, 0.2) is 11.5 Å². The van der Waals surface area contributed by atoms with Gasteiger partial charge in [0.1, 0.15) is 17.9 Å². The van der Waals surface area contributed by atoms with Crippen LogP contribution < -0.4 is 5.73 Å². The van der Waals surface area contributed by atoms with Crippen molar-refractivity contribution >= 4 is 28.6 Å². The minimum atomic E-state index is -0.891. The van der Waals surface area contributed by atoms with Crippen molar-refractivity contribution in [3.05, 3.63) is 12.7 Å². The number of fused-ring (bicyclic) bond motifs is 1. The van der Waals surface area contributed by atoms with Gasteiger partial charge < -0.3 is 20.5 Å². The summed E-state index contributed by atoms with van der Waals surface area (Å²) in [7, 11) is 0. The minimum absolute atomic E-state index is 0.140. The molecule has 1 aliphatic rings. The van der Waals surface area contributed by atoms with E-state index < -0.39 is 12.2 Å². The fraction of sp³-hybridized carbons (Fsp3) is 0.545. The number of hydrogen-bond donors (Lipinski definition) is 3. The second-order valence-electron chi connectivity index (χ2n) is 4.78. The van der Waals surface area contributed by atoms with Crippen molar-refractivity contribution in [2.24, 2.45) is 5.92 Å². The normalized spacial score (nSPS) is 31.1. The monoisotopic (exact) mass is 284 g/mol. The lowest BCUT2D eigenvalue weighted by Crippen LogP contribution is -2.29. The van der Waals surface area contributed by atoms with Crippen LogP contribution in [0.2, 0.25) is 0 Å². The van der Waals surface area contributed by atoms with Gasteiger partial charge in [0.05, 0.1) is 18.5 Å². The number of rotatable bonds is 2. The number of halogens is 1. The van der Waals surface area contributed by atoms with Gasteiger partial charge in [-0.25, -0.2) is 15.0 Å². The summed E-state index contributed by atoms with van der Waals surface area (Å²) in [6, 6.07) is -0.307. The molecule has 4 atom stereocenters. The number of anilines is 1. The van der Waals surface area contributed by atoms with Crippen molar-refractivity contribution in [2.75, 3.05) is 11.6 Å². The van der Waals surface area contributed by atoms with Gasteiger partial charge in [-0.1, -0.05) is 0 Å². The third-order valence-electron chi connectivity index (χ3n) is 3.71. The van der Waals surface area contributed by atoms with Crippen LogP contribution >= 0.6 is 11.6 Å². The summed E-state index contributed by atoms with van der Waals surface area (Å²) in [5.41, 5.74) is 6.78. The second kappa shape index (κ2) is 4.59. The number of nitrogens with two attached hydrogens (primary N) is 1. The van der Waals surface area contributed by atoms with Gasteiger partial charge >= 0.3 is 0 Å². The van der Waals surface area contributed by atoms with E-state index in [-0.39, 0.29) is 12.0 Å². The molecule has 0 amide bonds. The molecule has 0 bridgehead atoms. The van der Waals surface area contributed by atoms with Crippen LogP contribution in [0.15, 0.2) is 12.7 Å². The molecule has 1 fully saturated rings. The molecule has 2 aromatic heterocycles. The van der Waals surface area contributed by atoms with Crippen LogP contribution in [-0.2, 0) is 0 Å². The predicted octanol–water partition coefficient (Wildman–Crippen LogP) is -0.0699. The zero-order valence-electron chi connectivity index (χ0n) is 10.0. The van der Waals surface area contributed by atoms with E-state index in [0.717, 1.165) is 0 Å². The molecule has 0 spiro atoms. The highest BCUT2D eigenvalue weighted by Crippen LogP contribution is 2.37. The predicted molar refractivity (Wildman–Crippen MR) is 69.6 cm³/mol. The maximum Gasteiger partial charge on any atom is 0.165 e. The van der Waals surface area contributed by atoms with E-state index in [4.69, 9.17) is 17.3 Å². The Balaban J connectivity index is 2.04. The summed E-state index contributed by atoms with van der Waals surface area (Å²) >= 11 is 5.80. The number of nitrogen functional groups attached to an aromatic ring is 1. The molecule has 8 heteroatoms. The number of aliphatic hydroxyl groups excluding tert-OH is 2. The fourth-order valence-electron chi connectivity index (χ4n) is 2.64. The van der Waals surface area contributed by atoms with Crippen LogP contribution in [0.1, 0.15) is 12.5 Å². The summed E-state index contributed by atoms with van der Waals surface area (Å²) in [5, 5.41) is 20.1. The third kappa shape index (κ3) is 1.85. The molecule has 0 radical (unpaired) electrons. The maximum absolute atomic E-state index is 10.1. The summed E-state index contributed by atoms with van der Waals surface area (Å²) in [6.45, 7) is 0. The molecular weight excluding hydrogens is 271 g/mol. The lowest BCUT2D eigenvalue weighted by Gasteiger charge is -2.18. The van der Waals surface area contributed by atoms with E-state index in [9.17, 15) is 10.2 Å². The molecule has 102 valence electrons. The molecular formula is C11H14ClN5O2. The first-order chi connectivity index (χ1) is 9.13. The van der Waals surface area contributed by atoms with Gasteiger partial charge in [0, 0.05) is 11.8 Å². The van der Waals surface area contributed by atoms with Crippen LogP contribution in [0.3, 0.4) is 0 Å². The van der Waals surface area contributed by atoms with Crippen LogP contribution in [0.25, 0.3) is 11.2 Å². The Bertz CT molecular complexity index is 604. The standard InChI is InChI=1S/C11H14ClN5O2/c12-2-5-1-6(9(19)8(5)18)17-4-16-7-10(13)14-3-15-11(7)17/h3-6,8-9,18-19H,1-2H2,(H2,13,14,15)/t5-,6-,8+,9-/m1/s1/i2+1. The highest BCUT2D eigenvalue weighted by Gasteiger charge is 2.42. The van der Waals surface area contributed by atoms with E-state index in [1.807, 2.05) is 0 Å². The molecule has 3 rings (SSSR count). The van der Waals surface area contributed by atoms with Crippen LogP contribution in [-0.4, -0.2) is 47.8 Å². The maximum atomic E-state index is 10.1. The van der Waals surface area contributed by atoms with Crippen molar-refractivity contribution < 1.29 is 10.2 Å². The zero-order valence-corrected chi connectivity index (χ0v) is 10.8. The first-order valence-corrected chi connectivity index (χ1v) is 6.52. The lowest BCUT2D eigenvalue weighted by molar-refractivity contribution is 0.0102. The molecule has 4 N–H and O–H groups in total. The summed E-state index contributed by atoms with van der Waals surface area (Å²) in [6.07, 6.45) is 1.76. The molecule has 1 aliphatic carbocycles. The molecule has 2 heterocycles. The molecule has 7 nitrogen and oxygen atoms in total. The van der Waals surface area contributed by atoms with Gasteiger partial charge in [-0.3, -0.25) is 0 Å². The van der Waals surface area contributed by atoms with Crippen molar-refractivity contribution in [3.8, 4) is 0 Å². The van der Waals surface area contributed by atoms with Crippen LogP contribution in [0.4, 0.5) is 5.82 Å². The molecule has 2 aromatic rings. The summed E-state index contributed by atoms with van der Waals surface area (Å²) in [5.74, 6) is 0.461. The van der Waals surface area contributed by atoms with Gasteiger partial charge in [0.2, 0.25) is 0 Å². The number of imidazole rings is 1. The largest absolute Gasteiger partial charge is 0.390 e. The van der Waals surface area contributed by atoms with Gasteiger partial charge in [-0.2, -0.15) is 0 Å². The molecule has 0 aromatic carbocycles. The van der Waals surface area contributed by atoms with E-state index in [1.165, 1.54) is 6.33 Å². The minimum Gasteiger partial charge on any atom is -0.390 e. The SMILES string of the molecule is Nc1ncnc2c1ncn2[C@@H]1C[C@H]([13CH2]Cl)[C@H](O)[C@@H]1O. The van der Waals surface area contributed by atoms with Crippen molar-refractivity contribution in [1.29, 1.82) is 0 Å². The molecule has 1 saturated carbocycles. The van der Waals surface area contributed by atoms with Gasteiger partial charge in [-0.05, 0) is 6.42 Å². The molecule has 0 aliphatic heterocycles. The molecule has 19 heavy (non-hydrogen) atoms. The second-order valence-corrected chi connectivity index (χ2v) is 5.09. The average molecular weight is 285 g/mol. The Morgan fingerprint density at radius 2 is 2.11 bits per heavy atom. The Morgan fingerprint density at radius 1 is 1.32 bits per heavy atom. The third-order valence-corrected chi connectivity index (χ3v) is 4.11. The number of aliphatic hydroxyl groups is 2. The Labute approximate surface area is 114 Å². The summed E-state index contributed by atoms with van der Waals surface area (Å²) in [4.78, 5) is 12.2. The molecule has 0 unspecified atom stereocenters. The number of aromatic nitrogens is 4. The highest BCUT2D eigenvalue weighted by atomic mass is 35.5. The summed E-state index contributed by atoms with van der Waals surface area (Å²) < 4.78 is 1.73. The number of hydrogen-bond acceptors (Lipinski definition) is 6. The smallest absolute Gasteiger partial charge is 0.165 e. The quantitative estimate of drug-likeness (QED) is 0.526. The average Bonchev–Trinajstić information content (AvgIpc) is 2.94. The topological polar surface area (TPSA) is 110 Å².